The summed E-state index contributed by atoms with van der Waals surface area (Å²) < 4.78 is 5.03. The molecule has 3 N–H and O–H groups in total. The molecule has 7 nitrogen and oxygen atoms in total. The number of carboxylic acid groups (broad SMARTS) is 1. The molecule has 0 aliphatic heterocycles. The van der Waals surface area contributed by atoms with E-state index in [0.717, 1.165) is 0 Å². The minimum Gasteiger partial charge on any atom is -0.497 e. The zero-order valence-electron chi connectivity index (χ0n) is 13.3. The molecule has 0 fully saturated rings. The summed E-state index contributed by atoms with van der Waals surface area (Å²) in [6.07, 6.45) is 1.22. The minimum absolute atomic E-state index is 0.0968. The summed E-state index contributed by atoms with van der Waals surface area (Å²) in [6.45, 7) is 0. The second-order valence-electron chi connectivity index (χ2n) is 4.88. The molecule has 0 aromatic heterocycles. The van der Waals surface area contributed by atoms with Gasteiger partial charge in [0.2, 0.25) is 0 Å². The van der Waals surface area contributed by atoms with Crippen LogP contribution in [0.4, 0.5) is 11.4 Å². The number of carboxylic acids is 1. The zero-order valence-corrected chi connectivity index (χ0v) is 13.3. The molecule has 1 amide bonds. The van der Waals surface area contributed by atoms with Crippen LogP contribution in [-0.2, 0) is 4.79 Å². The number of aromatic carboxylic acids is 1. The van der Waals surface area contributed by atoms with Gasteiger partial charge >= 0.3 is 5.97 Å². The first-order chi connectivity index (χ1) is 12.0. The zero-order chi connectivity index (χ0) is 18.2. The van der Waals surface area contributed by atoms with Gasteiger partial charge in [-0.05, 0) is 42.5 Å². The number of rotatable bonds is 6. The highest BCUT2D eigenvalue weighted by molar-refractivity contribution is 6.06. The Kier molecular flexibility index (Phi) is 5.74. The van der Waals surface area contributed by atoms with Gasteiger partial charge in [0.1, 0.15) is 17.4 Å². The molecule has 0 atom stereocenters. The largest absolute Gasteiger partial charge is 0.497 e. The molecule has 2 aromatic rings. The third kappa shape index (κ3) is 4.84. The third-order valence-corrected chi connectivity index (χ3v) is 3.21. The van der Waals surface area contributed by atoms with E-state index in [0.29, 0.717) is 17.1 Å². The van der Waals surface area contributed by atoms with Crippen LogP contribution in [0.5, 0.6) is 5.75 Å². The second kappa shape index (κ2) is 8.17. The van der Waals surface area contributed by atoms with Crippen LogP contribution in [0.25, 0.3) is 0 Å². The van der Waals surface area contributed by atoms with Crippen molar-refractivity contribution in [2.45, 2.75) is 0 Å². The highest BCUT2D eigenvalue weighted by atomic mass is 16.5. The maximum absolute atomic E-state index is 12.1. The van der Waals surface area contributed by atoms with Crippen LogP contribution in [0.2, 0.25) is 0 Å². The lowest BCUT2D eigenvalue weighted by Crippen LogP contribution is -2.14. The van der Waals surface area contributed by atoms with Gasteiger partial charge < -0.3 is 20.5 Å². The van der Waals surface area contributed by atoms with Crippen molar-refractivity contribution < 1.29 is 19.4 Å². The van der Waals surface area contributed by atoms with Crippen molar-refractivity contribution in [1.82, 2.24) is 0 Å². The standard InChI is InChI=1S/C18H15N3O4/c1-25-16-7-5-14(6-8-16)21-17(22)13(10-19)11-20-15-4-2-3-12(9-15)18(23)24/h2-9,11,20H,1H3,(H,21,22)(H,23,24)/b13-11-. The Morgan fingerprint density at radius 3 is 2.48 bits per heavy atom. The molecule has 0 aliphatic carbocycles. The SMILES string of the molecule is COc1ccc(NC(=O)/C(C#N)=C\Nc2cccc(C(=O)O)c2)cc1. The van der Waals surface area contributed by atoms with Gasteiger partial charge in [-0.1, -0.05) is 6.07 Å². The summed E-state index contributed by atoms with van der Waals surface area (Å²) in [7, 11) is 1.54. The van der Waals surface area contributed by atoms with Crippen molar-refractivity contribution in [3.05, 3.63) is 65.9 Å². The maximum Gasteiger partial charge on any atom is 0.335 e. The van der Waals surface area contributed by atoms with Gasteiger partial charge in [-0.2, -0.15) is 5.26 Å². The van der Waals surface area contributed by atoms with E-state index in [4.69, 9.17) is 15.1 Å². The summed E-state index contributed by atoms with van der Waals surface area (Å²) in [5.74, 6) is -1.01. The quantitative estimate of drug-likeness (QED) is 0.552. The monoisotopic (exact) mass is 337 g/mol. The number of hydrogen-bond donors (Lipinski definition) is 3. The molecule has 0 spiro atoms. The van der Waals surface area contributed by atoms with Crippen LogP contribution in [0, 0.1) is 11.3 Å². The van der Waals surface area contributed by atoms with Crippen LogP contribution in [0.1, 0.15) is 10.4 Å². The third-order valence-electron chi connectivity index (χ3n) is 3.21. The number of ether oxygens (including phenoxy) is 1. The van der Waals surface area contributed by atoms with Crippen LogP contribution in [-0.4, -0.2) is 24.1 Å². The number of nitriles is 1. The lowest BCUT2D eigenvalue weighted by atomic mass is 10.2. The van der Waals surface area contributed by atoms with Gasteiger partial charge in [-0.15, -0.1) is 0 Å². The number of anilines is 2. The van der Waals surface area contributed by atoms with Crippen molar-refractivity contribution in [1.29, 1.82) is 5.26 Å². The van der Waals surface area contributed by atoms with Crippen molar-refractivity contribution in [3.8, 4) is 11.8 Å². The van der Waals surface area contributed by atoms with Crippen molar-refractivity contribution in [2.24, 2.45) is 0 Å². The molecule has 0 heterocycles. The van der Waals surface area contributed by atoms with Crippen molar-refractivity contribution >= 4 is 23.3 Å². The molecular weight excluding hydrogens is 322 g/mol. The summed E-state index contributed by atoms with van der Waals surface area (Å²) >= 11 is 0. The van der Waals surface area contributed by atoms with E-state index in [2.05, 4.69) is 10.6 Å². The van der Waals surface area contributed by atoms with Crippen LogP contribution in [0.3, 0.4) is 0 Å². The van der Waals surface area contributed by atoms with Gasteiger partial charge in [0.05, 0.1) is 12.7 Å². The van der Waals surface area contributed by atoms with E-state index in [9.17, 15) is 9.59 Å². The Hall–Kier alpha value is -3.79. The predicted molar refractivity (Wildman–Crippen MR) is 92.3 cm³/mol. The highest BCUT2D eigenvalue weighted by Gasteiger charge is 2.10. The average Bonchev–Trinajstić information content (AvgIpc) is 2.63. The number of nitrogens with zero attached hydrogens (tertiary/aromatic N) is 1. The van der Waals surface area contributed by atoms with Gasteiger partial charge in [0.15, 0.2) is 0 Å². The smallest absolute Gasteiger partial charge is 0.335 e. The Morgan fingerprint density at radius 1 is 1.16 bits per heavy atom. The van der Waals surface area contributed by atoms with Crippen LogP contribution < -0.4 is 15.4 Å². The van der Waals surface area contributed by atoms with E-state index in [1.165, 1.54) is 25.4 Å². The minimum atomic E-state index is -1.06. The number of benzene rings is 2. The van der Waals surface area contributed by atoms with Gasteiger partial charge in [-0.3, -0.25) is 4.79 Å². The number of nitrogens with one attached hydrogen (secondary N) is 2. The maximum atomic E-state index is 12.1. The van der Waals surface area contributed by atoms with E-state index < -0.39 is 11.9 Å². The topological polar surface area (TPSA) is 111 Å². The first-order valence-electron chi connectivity index (χ1n) is 7.19. The summed E-state index contributed by atoms with van der Waals surface area (Å²) in [5, 5.41) is 23.4. The molecule has 2 rings (SSSR count). The van der Waals surface area contributed by atoms with Gasteiger partial charge in [0.25, 0.3) is 5.91 Å². The Bertz CT molecular complexity index is 851. The molecule has 0 aliphatic rings. The van der Waals surface area contributed by atoms with Crippen molar-refractivity contribution in [2.75, 3.05) is 17.7 Å². The molecule has 25 heavy (non-hydrogen) atoms. The van der Waals surface area contributed by atoms with Gasteiger partial charge in [-0.25, -0.2) is 4.79 Å². The number of carbonyl (C=O) groups excluding carboxylic acids is 1. The van der Waals surface area contributed by atoms with E-state index in [-0.39, 0.29) is 11.1 Å². The molecule has 0 saturated carbocycles. The molecular formula is C18H15N3O4. The molecule has 0 saturated heterocycles. The first-order valence-corrected chi connectivity index (χ1v) is 7.19. The van der Waals surface area contributed by atoms with Gasteiger partial charge in [0, 0.05) is 17.6 Å². The number of methoxy groups -OCH3 is 1. The molecule has 2 aromatic carbocycles. The lowest BCUT2D eigenvalue weighted by Gasteiger charge is -2.06. The Balaban J connectivity index is 2.08. The lowest BCUT2D eigenvalue weighted by molar-refractivity contribution is -0.112. The van der Waals surface area contributed by atoms with E-state index >= 15 is 0 Å². The summed E-state index contributed by atoms with van der Waals surface area (Å²) in [6, 6.07) is 14.5. The number of amides is 1. The summed E-state index contributed by atoms with van der Waals surface area (Å²) in [5.41, 5.74) is 0.904. The Morgan fingerprint density at radius 2 is 1.88 bits per heavy atom. The highest BCUT2D eigenvalue weighted by Crippen LogP contribution is 2.16. The number of hydrogen-bond acceptors (Lipinski definition) is 5. The first kappa shape index (κ1) is 17.6. The molecule has 7 heteroatoms. The fourth-order valence-electron chi connectivity index (χ4n) is 1.92. The van der Waals surface area contributed by atoms with Crippen molar-refractivity contribution in [3.63, 3.8) is 0 Å². The van der Waals surface area contributed by atoms with E-state index in [1.807, 2.05) is 0 Å². The molecule has 0 radical (unpaired) electrons. The molecule has 0 unspecified atom stereocenters. The fraction of sp³-hybridized carbons (Fsp3) is 0.0556. The van der Waals surface area contributed by atoms with Crippen LogP contribution >= 0.6 is 0 Å². The molecule has 0 bridgehead atoms. The number of carbonyl (C=O) groups is 2. The predicted octanol–water partition coefficient (Wildman–Crippen LogP) is 2.85. The summed E-state index contributed by atoms with van der Waals surface area (Å²) in [4.78, 5) is 23.1. The Labute approximate surface area is 144 Å². The average molecular weight is 337 g/mol. The fourth-order valence-corrected chi connectivity index (χ4v) is 1.92. The second-order valence-corrected chi connectivity index (χ2v) is 4.88. The normalized spacial score (nSPS) is 10.5. The van der Waals surface area contributed by atoms with Crippen LogP contribution in [0.15, 0.2) is 60.3 Å². The molecule has 126 valence electrons. The van der Waals surface area contributed by atoms with E-state index in [1.54, 1.807) is 42.5 Å².